The zero-order valence-electron chi connectivity index (χ0n) is 12.4. The van der Waals surface area contributed by atoms with Gasteiger partial charge in [0.05, 0.1) is 6.20 Å². The standard InChI is InChI=1S/C15H28N4/c1-18(10-14-9-17-19(2)11-14)13-15(12-16)7-5-3-4-6-8-15/h9,11H,3-8,10,12-13,16H2,1-2H3. The number of hydrogen-bond donors (Lipinski definition) is 1. The Labute approximate surface area is 117 Å². The van der Waals surface area contributed by atoms with Crippen molar-refractivity contribution in [2.24, 2.45) is 18.2 Å². The average Bonchev–Trinajstić information content (AvgIpc) is 2.65. The third kappa shape index (κ3) is 4.05. The lowest BCUT2D eigenvalue weighted by Crippen LogP contribution is -2.40. The van der Waals surface area contributed by atoms with Gasteiger partial charge in [-0.3, -0.25) is 4.68 Å². The quantitative estimate of drug-likeness (QED) is 0.829. The number of rotatable bonds is 5. The molecule has 1 heterocycles. The van der Waals surface area contributed by atoms with Crippen LogP contribution >= 0.6 is 0 Å². The second-order valence-corrected chi connectivity index (χ2v) is 6.31. The summed E-state index contributed by atoms with van der Waals surface area (Å²) in [7, 11) is 4.17. The van der Waals surface area contributed by atoms with Gasteiger partial charge in [-0.1, -0.05) is 25.7 Å². The van der Waals surface area contributed by atoms with Crippen LogP contribution in [0.4, 0.5) is 0 Å². The highest BCUT2D eigenvalue weighted by Crippen LogP contribution is 2.34. The summed E-state index contributed by atoms with van der Waals surface area (Å²) in [6, 6.07) is 0. The summed E-state index contributed by atoms with van der Waals surface area (Å²) >= 11 is 0. The molecule has 0 amide bonds. The lowest BCUT2D eigenvalue weighted by atomic mass is 9.80. The minimum Gasteiger partial charge on any atom is -0.330 e. The van der Waals surface area contributed by atoms with Crippen molar-refractivity contribution in [1.82, 2.24) is 14.7 Å². The van der Waals surface area contributed by atoms with Crippen molar-refractivity contribution in [3.63, 3.8) is 0 Å². The van der Waals surface area contributed by atoms with Crippen LogP contribution in [0.1, 0.15) is 44.1 Å². The molecule has 1 fully saturated rings. The van der Waals surface area contributed by atoms with Crippen LogP contribution in [0.25, 0.3) is 0 Å². The summed E-state index contributed by atoms with van der Waals surface area (Å²) in [6.45, 7) is 2.90. The Hall–Kier alpha value is -0.870. The molecule has 4 heteroatoms. The average molecular weight is 264 g/mol. The molecule has 108 valence electrons. The maximum absolute atomic E-state index is 6.11. The molecule has 0 saturated heterocycles. The first-order valence-electron chi connectivity index (χ1n) is 7.50. The highest BCUT2D eigenvalue weighted by molar-refractivity contribution is 5.03. The Balaban J connectivity index is 1.93. The van der Waals surface area contributed by atoms with Gasteiger partial charge in [0.15, 0.2) is 0 Å². The second-order valence-electron chi connectivity index (χ2n) is 6.31. The van der Waals surface area contributed by atoms with Gasteiger partial charge in [-0.15, -0.1) is 0 Å². The smallest absolute Gasteiger partial charge is 0.0534 e. The van der Waals surface area contributed by atoms with Gasteiger partial charge in [0.25, 0.3) is 0 Å². The molecule has 4 nitrogen and oxygen atoms in total. The summed E-state index contributed by atoms with van der Waals surface area (Å²) in [6.07, 6.45) is 12.1. The fourth-order valence-electron chi connectivity index (χ4n) is 3.40. The Bertz CT molecular complexity index is 377. The van der Waals surface area contributed by atoms with Crippen molar-refractivity contribution in [3.05, 3.63) is 18.0 Å². The van der Waals surface area contributed by atoms with Crippen LogP contribution in [0.5, 0.6) is 0 Å². The van der Waals surface area contributed by atoms with Crippen molar-refractivity contribution in [2.75, 3.05) is 20.1 Å². The number of aromatic nitrogens is 2. The van der Waals surface area contributed by atoms with E-state index in [4.69, 9.17) is 5.73 Å². The second kappa shape index (κ2) is 6.53. The summed E-state index contributed by atoms with van der Waals surface area (Å²) in [4.78, 5) is 2.41. The van der Waals surface area contributed by atoms with Gasteiger partial charge in [-0.2, -0.15) is 5.10 Å². The van der Waals surface area contributed by atoms with E-state index in [1.54, 1.807) is 0 Å². The van der Waals surface area contributed by atoms with Gasteiger partial charge in [-0.25, -0.2) is 0 Å². The van der Waals surface area contributed by atoms with Crippen molar-refractivity contribution in [3.8, 4) is 0 Å². The van der Waals surface area contributed by atoms with E-state index in [1.165, 1.54) is 44.1 Å². The molecule has 2 rings (SSSR count). The maximum atomic E-state index is 6.11. The maximum Gasteiger partial charge on any atom is 0.0534 e. The molecule has 19 heavy (non-hydrogen) atoms. The minimum atomic E-state index is 0.341. The zero-order chi connectivity index (χ0) is 13.7. The fourth-order valence-corrected chi connectivity index (χ4v) is 3.40. The van der Waals surface area contributed by atoms with Crippen LogP contribution in [0.3, 0.4) is 0 Å². The SMILES string of the molecule is CN(Cc1cnn(C)c1)CC1(CN)CCCCCC1. The molecule has 0 bridgehead atoms. The van der Waals surface area contributed by atoms with Gasteiger partial charge in [0.2, 0.25) is 0 Å². The fraction of sp³-hybridized carbons (Fsp3) is 0.800. The van der Waals surface area contributed by atoms with E-state index >= 15 is 0 Å². The van der Waals surface area contributed by atoms with E-state index in [0.717, 1.165) is 19.6 Å². The molecule has 1 aromatic heterocycles. The molecule has 0 spiro atoms. The minimum absolute atomic E-state index is 0.341. The zero-order valence-corrected chi connectivity index (χ0v) is 12.4. The highest BCUT2D eigenvalue weighted by atomic mass is 15.2. The molecule has 0 unspecified atom stereocenters. The monoisotopic (exact) mass is 264 g/mol. The third-order valence-electron chi connectivity index (χ3n) is 4.41. The number of hydrogen-bond acceptors (Lipinski definition) is 3. The third-order valence-corrected chi connectivity index (χ3v) is 4.41. The first-order valence-corrected chi connectivity index (χ1v) is 7.50. The first kappa shape index (κ1) is 14.5. The predicted octanol–water partition coefficient (Wildman–Crippen LogP) is 2.15. The van der Waals surface area contributed by atoms with Gasteiger partial charge in [0, 0.05) is 31.9 Å². The van der Waals surface area contributed by atoms with Crippen LogP contribution in [-0.4, -0.2) is 34.8 Å². The molecular weight excluding hydrogens is 236 g/mol. The largest absolute Gasteiger partial charge is 0.330 e. The Morgan fingerprint density at radius 2 is 2.00 bits per heavy atom. The Morgan fingerprint density at radius 1 is 1.32 bits per heavy atom. The molecule has 1 aliphatic rings. The van der Waals surface area contributed by atoms with Crippen molar-refractivity contribution in [1.29, 1.82) is 0 Å². The molecule has 1 saturated carbocycles. The molecule has 0 atom stereocenters. The number of nitrogens with two attached hydrogens (primary N) is 1. The molecule has 0 radical (unpaired) electrons. The van der Waals surface area contributed by atoms with Crippen LogP contribution in [-0.2, 0) is 13.6 Å². The van der Waals surface area contributed by atoms with Crippen LogP contribution < -0.4 is 5.73 Å². The highest BCUT2D eigenvalue weighted by Gasteiger charge is 2.30. The molecule has 1 aromatic rings. The van der Waals surface area contributed by atoms with Crippen LogP contribution in [0, 0.1) is 5.41 Å². The summed E-state index contributed by atoms with van der Waals surface area (Å²) in [5, 5.41) is 4.23. The van der Waals surface area contributed by atoms with Crippen LogP contribution in [0.2, 0.25) is 0 Å². The van der Waals surface area contributed by atoms with E-state index < -0.39 is 0 Å². The van der Waals surface area contributed by atoms with Crippen molar-refractivity contribution < 1.29 is 0 Å². The molecular formula is C15H28N4. The lowest BCUT2D eigenvalue weighted by Gasteiger charge is -2.35. The van der Waals surface area contributed by atoms with E-state index in [0.29, 0.717) is 5.41 Å². The normalized spacial score (nSPS) is 19.6. The lowest BCUT2D eigenvalue weighted by molar-refractivity contribution is 0.153. The molecule has 0 aromatic carbocycles. The topological polar surface area (TPSA) is 47.1 Å². The number of aryl methyl sites for hydroxylation is 1. The summed E-state index contributed by atoms with van der Waals surface area (Å²) in [5.41, 5.74) is 7.73. The Morgan fingerprint density at radius 3 is 2.53 bits per heavy atom. The first-order chi connectivity index (χ1) is 9.13. The van der Waals surface area contributed by atoms with Crippen molar-refractivity contribution in [2.45, 2.75) is 45.1 Å². The van der Waals surface area contributed by atoms with Crippen molar-refractivity contribution >= 4 is 0 Å². The summed E-state index contributed by atoms with van der Waals surface area (Å²) in [5.74, 6) is 0. The predicted molar refractivity (Wildman–Crippen MR) is 78.7 cm³/mol. The van der Waals surface area contributed by atoms with E-state index in [1.807, 2.05) is 17.9 Å². The van der Waals surface area contributed by atoms with Gasteiger partial charge in [-0.05, 0) is 31.8 Å². The molecule has 2 N–H and O–H groups in total. The molecule has 0 aliphatic heterocycles. The van der Waals surface area contributed by atoms with E-state index in [-0.39, 0.29) is 0 Å². The van der Waals surface area contributed by atoms with Crippen LogP contribution in [0.15, 0.2) is 12.4 Å². The van der Waals surface area contributed by atoms with Gasteiger partial charge < -0.3 is 10.6 Å². The summed E-state index contributed by atoms with van der Waals surface area (Å²) < 4.78 is 1.87. The number of nitrogens with zero attached hydrogens (tertiary/aromatic N) is 3. The molecule has 1 aliphatic carbocycles. The van der Waals surface area contributed by atoms with Gasteiger partial charge >= 0.3 is 0 Å². The van der Waals surface area contributed by atoms with E-state index in [2.05, 4.69) is 23.2 Å². The van der Waals surface area contributed by atoms with E-state index in [9.17, 15) is 0 Å². The Kier molecular flexibility index (Phi) is 4.99. The van der Waals surface area contributed by atoms with Gasteiger partial charge in [0.1, 0.15) is 0 Å².